The normalized spacial score (nSPS) is 16.9. The van der Waals surface area contributed by atoms with Gasteiger partial charge in [0.15, 0.2) is 0 Å². The molecule has 1 aromatic heterocycles. The maximum absolute atomic E-state index is 12.2. The molecule has 1 N–H and O–H groups in total. The van der Waals surface area contributed by atoms with Gasteiger partial charge < -0.3 is 14.7 Å². The molecule has 138 valence electrons. The predicted octanol–water partition coefficient (Wildman–Crippen LogP) is 2.04. The number of hydrogen-bond donors (Lipinski definition) is 1. The monoisotopic (exact) mass is 356 g/mol. The molecule has 1 fully saturated rings. The summed E-state index contributed by atoms with van der Waals surface area (Å²) in [5.41, 5.74) is 0.882. The first-order chi connectivity index (χ1) is 12.5. The van der Waals surface area contributed by atoms with Gasteiger partial charge in [0.25, 0.3) is 0 Å². The van der Waals surface area contributed by atoms with Crippen molar-refractivity contribution in [1.82, 2.24) is 20.4 Å². The SMILES string of the molecule is CC(C)C(=O)N1CC[C@@H](NC(=O)CCc2nc(-c3ccccc3)no2)C1. The highest BCUT2D eigenvalue weighted by atomic mass is 16.5. The van der Waals surface area contributed by atoms with Crippen molar-refractivity contribution in [3.05, 3.63) is 36.2 Å². The highest BCUT2D eigenvalue weighted by molar-refractivity contribution is 5.79. The van der Waals surface area contributed by atoms with Gasteiger partial charge in [-0.15, -0.1) is 0 Å². The number of benzene rings is 1. The fraction of sp³-hybridized carbons (Fsp3) is 0.474. The number of carbonyl (C=O) groups excluding carboxylic acids is 2. The maximum Gasteiger partial charge on any atom is 0.227 e. The summed E-state index contributed by atoms with van der Waals surface area (Å²) < 4.78 is 5.22. The molecule has 0 aliphatic carbocycles. The Morgan fingerprint density at radius 1 is 1.31 bits per heavy atom. The Morgan fingerprint density at radius 2 is 2.08 bits per heavy atom. The van der Waals surface area contributed by atoms with Gasteiger partial charge in [-0.05, 0) is 6.42 Å². The summed E-state index contributed by atoms with van der Waals surface area (Å²) in [4.78, 5) is 30.3. The number of amides is 2. The van der Waals surface area contributed by atoms with Crippen molar-refractivity contribution < 1.29 is 14.1 Å². The second-order valence-electron chi connectivity index (χ2n) is 6.87. The lowest BCUT2D eigenvalue weighted by Crippen LogP contribution is -2.39. The molecule has 0 bridgehead atoms. The van der Waals surface area contributed by atoms with Crippen LogP contribution in [0.2, 0.25) is 0 Å². The molecule has 26 heavy (non-hydrogen) atoms. The Hall–Kier alpha value is -2.70. The summed E-state index contributed by atoms with van der Waals surface area (Å²) in [7, 11) is 0. The van der Waals surface area contributed by atoms with Gasteiger partial charge in [-0.2, -0.15) is 4.98 Å². The van der Waals surface area contributed by atoms with E-state index in [4.69, 9.17) is 4.52 Å². The molecule has 1 aliphatic rings. The van der Waals surface area contributed by atoms with E-state index in [1.807, 2.05) is 49.1 Å². The average Bonchev–Trinajstić information content (AvgIpc) is 3.29. The van der Waals surface area contributed by atoms with Crippen molar-refractivity contribution in [2.24, 2.45) is 5.92 Å². The van der Waals surface area contributed by atoms with E-state index in [1.165, 1.54) is 0 Å². The first-order valence-corrected chi connectivity index (χ1v) is 8.99. The molecule has 2 aromatic rings. The molecular formula is C19H24N4O3. The van der Waals surface area contributed by atoms with Crippen LogP contribution in [-0.2, 0) is 16.0 Å². The third-order valence-electron chi connectivity index (χ3n) is 4.42. The van der Waals surface area contributed by atoms with Gasteiger partial charge >= 0.3 is 0 Å². The summed E-state index contributed by atoms with van der Waals surface area (Å²) in [6, 6.07) is 9.58. The topological polar surface area (TPSA) is 88.3 Å². The zero-order chi connectivity index (χ0) is 18.5. The molecule has 7 nitrogen and oxygen atoms in total. The van der Waals surface area contributed by atoms with E-state index in [2.05, 4.69) is 15.5 Å². The van der Waals surface area contributed by atoms with Gasteiger partial charge in [-0.3, -0.25) is 9.59 Å². The molecule has 2 amide bonds. The second-order valence-corrected chi connectivity index (χ2v) is 6.87. The van der Waals surface area contributed by atoms with Crippen LogP contribution in [0.5, 0.6) is 0 Å². The molecule has 0 radical (unpaired) electrons. The van der Waals surface area contributed by atoms with Crippen molar-refractivity contribution in [3.63, 3.8) is 0 Å². The van der Waals surface area contributed by atoms with E-state index in [9.17, 15) is 9.59 Å². The van der Waals surface area contributed by atoms with Crippen molar-refractivity contribution in [3.8, 4) is 11.4 Å². The smallest absolute Gasteiger partial charge is 0.227 e. The van der Waals surface area contributed by atoms with E-state index < -0.39 is 0 Å². The maximum atomic E-state index is 12.2. The first-order valence-electron chi connectivity index (χ1n) is 8.99. The van der Waals surface area contributed by atoms with Crippen LogP contribution >= 0.6 is 0 Å². The number of hydrogen-bond acceptors (Lipinski definition) is 5. The molecule has 0 unspecified atom stereocenters. The van der Waals surface area contributed by atoms with Crippen LogP contribution in [0.25, 0.3) is 11.4 Å². The van der Waals surface area contributed by atoms with Crippen LogP contribution in [0.4, 0.5) is 0 Å². The third kappa shape index (κ3) is 4.47. The molecule has 3 rings (SSSR count). The van der Waals surface area contributed by atoms with E-state index >= 15 is 0 Å². The Bertz CT molecular complexity index is 757. The van der Waals surface area contributed by atoms with E-state index in [-0.39, 0.29) is 30.2 Å². The molecule has 0 saturated carbocycles. The highest BCUT2D eigenvalue weighted by Gasteiger charge is 2.28. The Balaban J connectivity index is 1.45. The van der Waals surface area contributed by atoms with Crippen LogP contribution in [0.15, 0.2) is 34.9 Å². The van der Waals surface area contributed by atoms with Crippen molar-refractivity contribution in [2.45, 2.75) is 39.2 Å². The lowest BCUT2D eigenvalue weighted by Gasteiger charge is -2.19. The Labute approximate surface area is 152 Å². The van der Waals surface area contributed by atoms with Gasteiger partial charge in [0, 0.05) is 43.5 Å². The molecule has 1 aromatic carbocycles. The number of rotatable bonds is 6. The molecule has 2 heterocycles. The van der Waals surface area contributed by atoms with Crippen molar-refractivity contribution in [2.75, 3.05) is 13.1 Å². The lowest BCUT2D eigenvalue weighted by atomic mass is 10.2. The van der Waals surface area contributed by atoms with Crippen molar-refractivity contribution in [1.29, 1.82) is 0 Å². The molecule has 1 saturated heterocycles. The Kier molecular flexibility index (Phi) is 5.65. The van der Waals surface area contributed by atoms with Gasteiger partial charge in [-0.25, -0.2) is 0 Å². The molecular weight excluding hydrogens is 332 g/mol. The number of nitrogens with zero attached hydrogens (tertiary/aromatic N) is 3. The van der Waals surface area contributed by atoms with Gasteiger partial charge in [-0.1, -0.05) is 49.3 Å². The highest BCUT2D eigenvalue weighted by Crippen LogP contribution is 2.16. The Morgan fingerprint density at radius 3 is 2.81 bits per heavy atom. The summed E-state index contributed by atoms with van der Waals surface area (Å²) in [6.07, 6.45) is 1.47. The predicted molar refractivity (Wildman–Crippen MR) is 96.0 cm³/mol. The third-order valence-corrected chi connectivity index (χ3v) is 4.42. The van der Waals surface area contributed by atoms with Crippen molar-refractivity contribution >= 4 is 11.8 Å². The zero-order valence-electron chi connectivity index (χ0n) is 15.1. The minimum absolute atomic E-state index is 0.0132. The minimum atomic E-state index is -0.0618. The number of likely N-dealkylation sites (tertiary alicyclic amines) is 1. The fourth-order valence-corrected chi connectivity index (χ4v) is 3.02. The first kappa shape index (κ1) is 18.1. The summed E-state index contributed by atoms with van der Waals surface area (Å²) in [6.45, 7) is 5.07. The summed E-state index contributed by atoms with van der Waals surface area (Å²) in [5.74, 6) is 1.04. The van der Waals surface area contributed by atoms with Gasteiger partial charge in [0.05, 0.1) is 0 Å². The number of aromatic nitrogens is 2. The van der Waals surface area contributed by atoms with Crippen LogP contribution in [-0.4, -0.2) is 46.0 Å². The van der Waals surface area contributed by atoms with Gasteiger partial charge in [0.2, 0.25) is 23.5 Å². The quantitative estimate of drug-likeness (QED) is 0.856. The largest absolute Gasteiger partial charge is 0.352 e. The second kappa shape index (κ2) is 8.12. The van der Waals surface area contributed by atoms with E-state index in [0.29, 0.717) is 31.2 Å². The standard InChI is InChI=1S/C19H24N4O3/c1-13(2)19(25)23-11-10-15(12-23)20-16(24)8-9-17-21-18(22-26-17)14-6-4-3-5-7-14/h3-7,13,15H,8-12H2,1-2H3,(H,20,24)/t15-/m1/s1. The number of carbonyl (C=O) groups is 2. The molecule has 1 atom stereocenters. The fourth-order valence-electron chi connectivity index (χ4n) is 3.02. The lowest BCUT2D eigenvalue weighted by molar-refractivity contribution is -0.133. The molecule has 1 aliphatic heterocycles. The molecule has 0 spiro atoms. The number of aryl methyl sites for hydroxylation is 1. The van der Waals surface area contributed by atoms with E-state index in [1.54, 1.807) is 0 Å². The summed E-state index contributed by atoms with van der Waals surface area (Å²) in [5, 5.41) is 6.94. The minimum Gasteiger partial charge on any atom is -0.352 e. The van der Waals surface area contributed by atoms with Crippen LogP contribution in [0.1, 0.15) is 32.6 Å². The molecule has 7 heteroatoms. The van der Waals surface area contributed by atoms with E-state index in [0.717, 1.165) is 12.0 Å². The van der Waals surface area contributed by atoms with Gasteiger partial charge in [0.1, 0.15) is 0 Å². The number of nitrogens with one attached hydrogen (secondary N) is 1. The summed E-state index contributed by atoms with van der Waals surface area (Å²) >= 11 is 0. The zero-order valence-corrected chi connectivity index (χ0v) is 15.1. The van der Waals surface area contributed by atoms with Crippen LogP contribution < -0.4 is 5.32 Å². The van der Waals surface area contributed by atoms with Crippen LogP contribution in [0.3, 0.4) is 0 Å². The average molecular weight is 356 g/mol. The van der Waals surface area contributed by atoms with Crippen LogP contribution in [0, 0.1) is 5.92 Å².